The Morgan fingerprint density at radius 2 is 1.60 bits per heavy atom. The predicted octanol–water partition coefficient (Wildman–Crippen LogP) is 2.23. The van der Waals surface area contributed by atoms with Gasteiger partial charge in [0.25, 0.3) is 0 Å². The third-order valence-electron chi connectivity index (χ3n) is 2.50. The molecule has 3 nitrogen and oxygen atoms in total. The van der Waals surface area contributed by atoms with Crippen molar-refractivity contribution in [2.75, 3.05) is 0 Å². The first kappa shape index (κ1) is 14.6. The molecule has 15 heavy (non-hydrogen) atoms. The van der Waals surface area contributed by atoms with Crippen molar-refractivity contribution in [1.82, 2.24) is 0 Å². The average Bonchev–Trinajstić information content (AvgIpc) is 2.12. The van der Waals surface area contributed by atoms with Crippen molar-refractivity contribution in [2.45, 2.75) is 53.9 Å². The number of hydrogen-bond acceptors (Lipinski definition) is 3. The molecule has 0 aromatic carbocycles. The maximum absolute atomic E-state index is 11.0. The van der Waals surface area contributed by atoms with E-state index in [0.29, 0.717) is 0 Å². The fraction of sp³-hybridized carbons (Fsp3) is 0.917. The number of aliphatic hydroxyl groups is 1. The van der Waals surface area contributed by atoms with Gasteiger partial charge in [-0.05, 0) is 5.92 Å². The maximum atomic E-state index is 11.0. The van der Waals surface area contributed by atoms with Crippen molar-refractivity contribution in [2.24, 2.45) is 17.3 Å². The van der Waals surface area contributed by atoms with Gasteiger partial charge in [0.1, 0.15) is 6.29 Å². The number of rotatable bonds is 6. The fourth-order valence-corrected chi connectivity index (χ4v) is 1.57. The summed E-state index contributed by atoms with van der Waals surface area (Å²) in [7, 11) is 0. The molecule has 0 saturated heterocycles. The summed E-state index contributed by atoms with van der Waals surface area (Å²) in [6.45, 7) is 11.4. The average molecular weight is 216 g/mol. The molecule has 2 unspecified atom stereocenters. The molecule has 0 aliphatic heterocycles. The van der Waals surface area contributed by atoms with Crippen LogP contribution in [0.25, 0.3) is 0 Å². The molecule has 0 fully saturated rings. The molecule has 0 spiro atoms. The van der Waals surface area contributed by atoms with Crippen molar-refractivity contribution in [1.29, 1.82) is 0 Å². The van der Waals surface area contributed by atoms with Gasteiger partial charge in [-0.1, -0.05) is 41.5 Å². The summed E-state index contributed by atoms with van der Waals surface area (Å²) in [6, 6.07) is 0. The third-order valence-corrected chi connectivity index (χ3v) is 2.50. The highest BCUT2D eigenvalue weighted by Gasteiger charge is 2.34. The first-order valence-corrected chi connectivity index (χ1v) is 5.52. The second kappa shape index (κ2) is 5.61. The minimum atomic E-state index is -0.809. The zero-order valence-corrected chi connectivity index (χ0v) is 10.7. The number of carbonyl (C=O) groups excluding carboxylic acids is 1. The highest BCUT2D eigenvalue weighted by atomic mass is 16.6. The maximum Gasteiger partial charge on any atom is 0.157 e. The SMILES string of the molecule is CC(C)C(O)OC(C(C)C)C(C)(C)C=O. The second-order valence-corrected chi connectivity index (χ2v) is 5.37. The van der Waals surface area contributed by atoms with Gasteiger partial charge in [0.05, 0.1) is 6.10 Å². The van der Waals surface area contributed by atoms with Gasteiger partial charge in [0.2, 0.25) is 0 Å². The molecule has 1 N–H and O–H groups in total. The van der Waals surface area contributed by atoms with Crippen LogP contribution in [0, 0.1) is 17.3 Å². The fourth-order valence-electron chi connectivity index (χ4n) is 1.57. The summed E-state index contributed by atoms with van der Waals surface area (Å²) in [4.78, 5) is 11.0. The molecule has 90 valence electrons. The Hall–Kier alpha value is -0.410. The van der Waals surface area contributed by atoms with Crippen LogP contribution in [0.1, 0.15) is 41.5 Å². The van der Waals surface area contributed by atoms with Crippen molar-refractivity contribution < 1.29 is 14.6 Å². The van der Waals surface area contributed by atoms with Crippen LogP contribution in [0.5, 0.6) is 0 Å². The lowest BCUT2D eigenvalue weighted by Gasteiger charge is -2.35. The van der Waals surface area contributed by atoms with Crippen LogP contribution in [0.4, 0.5) is 0 Å². The first-order chi connectivity index (χ1) is 6.72. The van der Waals surface area contributed by atoms with Gasteiger partial charge in [-0.25, -0.2) is 0 Å². The molecule has 3 heteroatoms. The summed E-state index contributed by atoms with van der Waals surface area (Å²) in [6.07, 6.45) is -0.172. The standard InChI is InChI=1S/C12H24O3/c1-8(2)10(12(5,6)7-13)15-11(14)9(3)4/h7-11,14H,1-6H3. The van der Waals surface area contributed by atoms with Crippen LogP contribution in [0.15, 0.2) is 0 Å². The molecule has 0 bridgehead atoms. The topological polar surface area (TPSA) is 46.5 Å². The number of carbonyl (C=O) groups is 1. The lowest BCUT2D eigenvalue weighted by atomic mass is 9.82. The largest absolute Gasteiger partial charge is 0.368 e. The third kappa shape index (κ3) is 4.31. The number of hydrogen-bond donors (Lipinski definition) is 1. The molecule has 0 saturated carbocycles. The van der Waals surface area contributed by atoms with E-state index < -0.39 is 11.7 Å². The molecule has 0 heterocycles. The van der Waals surface area contributed by atoms with Crippen molar-refractivity contribution >= 4 is 6.29 Å². The molecule has 0 aromatic heterocycles. The summed E-state index contributed by atoms with van der Waals surface area (Å²) in [5.41, 5.74) is -0.565. The van der Waals surface area contributed by atoms with Gasteiger partial charge in [-0.3, -0.25) is 0 Å². The van der Waals surface area contributed by atoms with Crippen molar-refractivity contribution in [3.8, 4) is 0 Å². The van der Waals surface area contributed by atoms with Crippen LogP contribution in [0.2, 0.25) is 0 Å². The highest BCUT2D eigenvalue weighted by molar-refractivity contribution is 5.59. The van der Waals surface area contributed by atoms with Crippen LogP contribution in [-0.2, 0) is 9.53 Å². The molecular formula is C12H24O3. The zero-order chi connectivity index (χ0) is 12.2. The van der Waals surface area contributed by atoms with Crippen LogP contribution < -0.4 is 0 Å². The van der Waals surface area contributed by atoms with E-state index in [9.17, 15) is 9.90 Å². The minimum absolute atomic E-state index is 0.0358. The lowest BCUT2D eigenvalue weighted by Crippen LogP contribution is -2.41. The Morgan fingerprint density at radius 3 is 1.87 bits per heavy atom. The first-order valence-electron chi connectivity index (χ1n) is 5.52. The summed E-state index contributed by atoms with van der Waals surface area (Å²) < 4.78 is 5.55. The van der Waals surface area contributed by atoms with Gasteiger partial charge in [-0.15, -0.1) is 0 Å². The van der Waals surface area contributed by atoms with E-state index in [1.807, 2.05) is 41.5 Å². The van der Waals surface area contributed by atoms with E-state index in [-0.39, 0.29) is 17.9 Å². The number of aliphatic hydroxyl groups excluding tert-OH is 1. The minimum Gasteiger partial charge on any atom is -0.368 e. The normalized spacial score (nSPS) is 16.9. The Morgan fingerprint density at radius 1 is 1.13 bits per heavy atom. The monoisotopic (exact) mass is 216 g/mol. The lowest BCUT2D eigenvalue weighted by molar-refractivity contribution is -0.195. The molecule has 0 aliphatic rings. The van der Waals surface area contributed by atoms with Gasteiger partial charge >= 0.3 is 0 Å². The summed E-state index contributed by atoms with van der Waals surface area (Å²) in [5, 5.41) is 9.67. The van der Waals surface area contributed by atoms with E-state index >= 15 is 0 Å². The quantitative estimate of drug-likeness (QED) is 0.547. The predicted molar refractivity (Wildman–Crippen MR) is 60.4 cm³/mol. The molecule has 2 atom stereocenters. The van der Waals surface area contributed by atoms with E-state index in [4.69, 9.17) is 4.74 Å². The molecule has 0 rings (SSSR count). The van der Waals surface area contributed by atoms with Crippen LogP contribution in [-0.4, -0.2) is 23.8 Å². The van der Waals surface area contributed by atoms with Crippen LogP contribution >= 0.6 is 0 Å². The summed E-state index contributed by atoms with van der Waals surface area (Å²) in [5.74, 6) is 0.229. The molecule has 0 amide bonds. The van der Waals surface area contributed by atoms with E-state index in [0.717, 1.165) is 6.29 Å². The van der Waals surface area contributed by atoms with E-state index in [1.165, 1.54) is 0 Å². The number of ether oxygens (including phenoxy) is 1. The molecule has 0 aliphatic carbocycles. The smallest absolute Gasteiger partial charge is 0.157 e. The van der Waals surface area contributed by atoms with Gasteiger partial charge in [0, 0.05) is 11.3 Å². The van der Waals surface area contributed by atoms with Gasteiger partial charge in [0.15, 0.2) is 6.29 Å². The Bertz CT molecular complexity index is 197. The Balaban J connectivity index is 4.62. The number of aldehydes is 1. The van der Waals surface area contributed by atoms with Gasteiger partial charge in [-0.2, -0.15) is 0 Å². The van der Waals surface area contributed by atoms with Crippen molar-refractivity contribution in [3.63, 3.8) is 0 Å². The Labute approximate surface area is 92.8 Å². The van der Waals surface area contributed by atoms with E-state index in [2.05, 4.69) is 0 Å². The molecule has 0 aromatic rings. The zero-order valence-electron chi connectivity index (χ0n) is 10.7. The van der Waals surface area contributed by atoms with Gasteiger partial charge < -0.3 is 14.6 Å². The Kier molecular flexibility index (Phi) is 5.46. The van der Waals surface area contributed by atoms with E-state index in [1.54, 1.807) is 0 Å². The van der Waals surface area contributed by atoms with Crippen LogP contribution in [0.3, 0.4) is 0 Å². The van der Waals surface area contributed by atoms with Crippen molar-refractivity contribution in [3.05, 3.63) is 0 Å². The second-order valence-electron chi connectivity index (χ2n) is 5.37. The molecular weight excluding hydrogens is 192 g/mol. The summed E-state index contributed by atoms with van der Waals surface area (Å²) >= 11 is 0. The molecule has 0 radical (unpaired) electrons. The highest BCUT2D eigenvalue weighted by Crippen LogP contribution is 2.28.